The number of amides is 2. The monoisotopic (exact) mass is 375 g/mol. The van der Waals surface area contributed by atoms with Gasteiger partial charge < -0.3 is 21.1 Å². The van der Waals surface area contributed by atoms with Crippen molar-refractivity contribution in [2.45, 2.75) is 12.0 Å². The van der Waals surface area contributed by atoms with E-state index in [-0.39, 0.29) is 36.9 Å². The molecule has 0 aliphatic carbocycles. The second-order valence-corrected chi connectivity index (χ2v) is 6.17. The first-order valence-corrected chi connectivity index (χ1v) is 8.15. The number of carbonyl (C=O) groups is 2. The fourth-order valence-electron chi connectivity index (χ4n) is 3.10. The van der Waals surface area contributed by atoms with Crippen LogP contribution in [0, 0.1) is 0 Å². The van der Waals surface area contributed by atoms with Gasteiger partial charge in [0.25, 0.3) is 11.8 Å². The van der Waals surface area contributed by atoms with Crippen molar-refractivity contribution in [3.05, 3.63) is 65.7 Å². The van der Waals surface area contributed by atoms with Crippen LogP contribution in [-0.4, -0.2) is 42.5 Å². The first kappa shape index (κ1) is 19.8. The maximum absolute atomic E-state index is 12.8. The normalized spacial score (nSPS) is 18.9. The maximum Gasteiger partial charge on any atom is 0.255 e. The molecule has 0 spiro atoms. The Bertz CT molecular complexity index is 770. The summed E-state index contributed by atoms with van der Waals surface area (Å²) in [5, 5.41) is 0. The smallest absolute Gasteiger partial charge is 0.255 e. The van der Waals surface area contributed by atoms with E-state index in [0.29, 0.717) is 24.4 Å². The lowest BCUT2D eigenvalue weighted by atomic mass is 9.95. The summed E-state index contributed by atoms with van der Waals surface area (Å²) in [4.78, 5) is 25.4. The fraction of sp³-hybridized carbons (Fsp3) is 0.263. The predicted molar refractivity (Wildman–Crippen MR) is 101 cm³/mol. The zero-order chi connectivity index (χ0) is 17.8. The van der Waals surface area contributed by atoms with E-state index < -0.39 is 5.91 Å². The van der Waals surface area contributed by atoms with Crippen molar-refractivity contribution in [2.24, 2.45) is 11.5 Å². The zero-order valence-corrected chi connectivity index (χ0v) is 15.0. The predicted octanol–water partition coefficient (Wildman–Crippen LogP) is 1.54. The lowest BCUT2D eigenvalue weighted by Crippen LogP contribution is -2.32. The average Bonchev–Trinajstić information content (AvgIpc) is 3.02. The van der Waals surface area contributed by atoms with Gasteiger partial charge in [-0.15, -0.1) is 12.4 Å². The quantitative estimate of drug-likeness (QED) is 0.828. The van der Waals surface area contributed by atoms with Crippen molar-refractivity contribution in [1.29, 1.82) is 0 Å². The van der Waals surface area contributed by atoms with E-state index in [9.17, 15) is 9.59 Å². The van der Waals surface area contributed by atoms with Crippen molar-refractivity contribution in [2.75, 3.05) is 19.7 Å². The third-order valence-corrected chi connectivity index (χ3v) is 4.34. The van der Waals surface area contributed by atoms with Crippen LogP contribution < -0.4 is 16.2 Å². The van der Waals surface area contributed by atoms with E-state index in [1.807, 2.05) is 30.3 Å². The van der Waals surface area contributed by atoms with Crippen LogP contribution in [0.4, 0.5) is 0 Å². The molecule has 7 heteroatoms. The molecule has 1 heterocycles. The second-order valence-electron chi connectivity index (χ2n) is 6.17. The Balaban J connectivity index is 0.00000243. The molecule has 2 aromatic rings. The number of carbonyl (C=O) groups excluding carboxylic acids is 2. The Kier molecular flexibility index (Phi) is 6.60. The summed E-state index contributed by atoms with van der Waals surface area (Å²) in [5.41, 5.74) is 13.0. The Morgan fingerprint density at radius 1 is 1.08 bits per heavy atom. The topological polar surface area (TPSA) is 98.7 Å². The van der Waals surface area contributed by atoms with Gasteiger partial charge in [-0.25, -0.2) is 0 Å². The molecule has 2 aromatic carbocycles. The van der Waals surface area contributed by atoms with E-state index in [1.54, 1.807) is 29.2 Å². The lowest BCUT2D eigenvalue weighted by molar-refractivity contribution is -0.119. The number of nitrogens with zero attached hydrogens (tertiary/aromatic N) is 1. The number of primary amides is 1. The van der Waals surface area contributed by atoms with Gasteiger partial charge >= 0.3 is 0 Å². The Morgan fingerprint density at radius 2 is 1.81 bits per heavy atom. The van der Waals surface area contributed by atoms with E-state index in [1.165, 1.54) is 0 Å². The number of hydrogen-bond acceptors (Lipinski definition) is 4. The molecule has 0 bridgehead atoms. The van der Waals surface area contributed by atoms with Crippen LogP contribution in [0.15, 0.2) is 54.6 Å². The lowest BCUT2D eigenvalue weighted by Gasteiger charge is -2.17. The van der Waals surface area contributed by atoms with Gasteiger partial charge in [0.1, 0.15) is 5.75 Å². The highest BCUT2D eigenvalue weighted by Gasteiger charge is 2.34. The highest BCUT2D eigenvalue weighted by molar-refractivity contribution is 5.95. The van der Waals surface area contributed by atoms with Gasteiger partial charge in [-0.3, -0.25) is 9.59 Å². The summed E-state index contributed by atoms with van der Waals surface area (Å²) in [6, 6.07) is 16.6. The summed E-state index contributed by atoms with van der Waals surface area (Å²) in [6.45, 7) is 0.865. The van der Waals surface area contributed by atoms with Gasteiger partial charge in [0.15, 0.2) is 6.61 Å². The van der Waals surface area contributed by atoms with E-state index in [2.05, 4.69) is 0 Å². The Labute approximate surface area is 158 Å². The third-order valence-electron chi connectivity index (χ3n) is 4.34. The number of rotatable bonds is 5. The molecule has 1 fully saturated rings. The molecule has 0 saturated carbocycles. The maximum atomic E-state index is 12.8. The molecular formula is C19H22ClN3O3. The zero-order valence-electron chi connectivity index (χ0n) is 14.2. The molecule has 4 N–H and O–H groups in total. The van der Waals surface area contributed by atoms with Crippen molar-refractivity contribution < 1.29 is 14.3 Å². The number of nitrogens with two attached hydrogens (primary N) is 2. The minimum atomic E-state index is -0.562. The van der Waals surface area contributed by atoms with Gasteiger partial charge in [-0.05, 0) is 23.8 Å². The highest BCUT2D eigenvalue weighted by Crippen LogP contribution is 2.27. The summed E-state index contributed by atoms with van der Waals surface area (Å²) in [6.07, 6.45) is 0. The number of likely N-dealkylation sites (tertiary alicyclic amines) is 1. The van der Waals surface area contributed by atoms with Crippen LogP contribution >= 0.6 is 12.4 Å². The largest absolute Gasteiger partial charge is 0.484 e. The molecule has 0 unspecified atom stereocenters. The first-order valence-electron chi connectivity index (χ1n) is 8.15. The number of benzene rings is 2. The van der Waals surface area contributed by atoms with Gasteiger partial charge in [-0.1, -0.05) is 36.4 Å². The van der Waals surface area contributed by atoms with Crippen LogP contribution in [0.25, 0.3) is 0 Å². The van der Waals surface area contributed by atoms with Crippen molar-refractivity contribution >= 4 is 24.2 Å². The van der Waals surface area contributed by atoms with Crippen LogP contribution in [-0.2, 0) is 4.79 Å². The van der Waals surface area contributed by atoms with Crippen molar-refractivity contribution in [3.8, 4) is 5.75 Å². The third kappa shape index (κ3) is 4.53. The van der Waals surface area contributed by atoms with E-state index in [4.69, 9.17) is 16.2 Å². The Hall–Kier alpha value is -2.57. The SMILES string of the molecule is Cl.NC(=O)COc1cccc(C(=O)N2C[C@@H](N)[C@H](c3ccccc3)C2)c1. The highest BCUT2D eigenvalue weighted by atomic mass is 35.5. The minimum Gasteiger partial charge on any atom is -0.484 e. The summed E-state index contributed by atoms with van der Waals surface area (Å²) in [7, 11) is 0. The average molecular weight is 376 g/mol. The summed E-state index contributed by atoms with van der Waals surface area (Å²) in [5.74, 6) is -0.0986. The van der Waals surface area contributed by atoms with Crippen LogP contribution in [0.5, 0.6) is 5.75 Å². The van der Waals surface area contributed by atoms with Gasteiger partial charge in [0, 0.05) is 30.6 Å². The van der Waals surface area contributed by atoms with Crippen LogP contribution in [0.3, 0.4) is 0 Å². The molecule has 2 amide bonds. The molecule has 6 nitrogen and oxygen atoms in total. The molecular weight excluding hydrogens is 354 g/mol. The molecule has 2 atom stereocenters. The fourth-order valence-corrected chi connectivity index (χ4v) is 3.10. The minimum absolute atomic E-state index is 0. The molecule has 26 heavy (non-hydrogen) atoms. The molecule has 0 radical (unpaired) electrons. The van der Waals surface area contributed by atoms with Crippen molar-refractivity contribution in [3.63, 3.8) is 0 Å². The molecule has 1 aliphatic heterocycles. The standard InChI is InChI=1S/C19H21N3O3.ClH/c20-17-11-22(10-16(17)13-5-2-1-3-6-13)19(24)14-7-4-8-15(9-14)25-12-18(21)23;/h1-9,16-17H,10-12,20H2,(H2,21,23);1H/t16-,17+;/m0./s1. The second kappa shape index (κ2) is 8.69. The number of hydrogen-bond donors (Lipinski definition) is 2. The first-order chi connectivity index (χ1) is 12.0. The summed E-state index contributed by atoms with van der Waals surface area (Å²) < 4.78 is 5.26. The Morgan fingerprint density at radius 3 is 2.50 bits per heavy atom. The van der Waals surface area contributed by atoms with E-state index in [0.717, 1.165) is 5.56 Å². The van der Waals surface area contributed by atoms with Gasteiger partial charge in [0.2, 0.25) is 0 Å². The van der Waals surface area contributed by atoms with E-state index >= 15 is 0 Å². The number of ether oxygens (including phenoxy) is 1. The molecule has 3 rings (SSSR count). The molecule has 0 aromatic heterocycles. The molecule has 138 valence electrons. The van der Waals surface area contributed by atoms with Gasteiger partial charge in [-0.2, -0.15) is 0 Å². The molecule has 1 aliphatic rings. The summed E-state index contributed by atoms with van der Waals surface area (Å²) >= 11 is 0. The van der Waals surface area contributed by atoms with Gasteiger partial charge in [0.05, 0.1) is 0 Å². The number of halogens is 1. The van der Waals surface area contributed by atoms with Crippen LogP contribution in [0.1, 0.15) is 21.8 Å². The van der Waals surface area contributed by atoms with Crippen molar-refractivity contribution in [1.82, 2.24) is 4.90 Å². The van der Waals surface area contributed by atoms with Crippen LogP contribution in [0.2, 0.25) is 0 Å². The molecule has 1 saturated heterocycles.